The Morgan fingerprint density at radius 1 is 0.935 bits per heavy atom. The molecule has 4 heterocycles. The Morgan fingerprint density at radius 3 is 2.32 bits per heavy atom. The lowest BCUT2D eigenvalue weighted by Crippen LogP contribution is -2.60. The van der Waals surface area contributed by atoms with E-state index in [4.69, 9.17) is 19.6 Å². The number of aromatic nitrogens is 4. The summed E-state index contributed by atoms with van der Waals surface area (Å²) in [6.45, 7) is -1.25. The first-order valence-electron chi connectivity index (χ1n) is 9.36. The molecule has 2 aromatic heterocycles. The molecule has 4 rings (SSSR count). The fourth-order valence-electron chi connectivity index (χ4n) is 3.71. The second-order valence-corrected chi connectivity index (χ2v) is 7.30. The van der Waals surface area contributed by atoms with Gasteiger partial charge in [-0.1, -0.05) is 0 Å². The summed E-state index contributed by atoms with van der Waals surface area (Å²) in [7, 11) is 0. The Labute approximate surface area is 173 Å². The molecule has 0 aliphatic carbocycles. The second kappa shape index (κ2) is 8.38. The van der Waals surface area contributed by atoms with Gasteiger partial charge in [-0.15, -0.1) is 0 Å². The standard InChI is InChI=1S/C16H23N5O10/c17-13-7-14(19-4-21(13)28)20(3-18-7)15-11(27)12(6(2-23)29-15)31-16-10(26)9(25)8(24)5(1-22)30-16/h3-6,8-12,15-17,22-28H,1-2H2/t5-,6-,8-,9+,10-,11-,12-,15-,16+/m1/s1. The molecule has 172 valence electrons. The lowest BCUT2D eigenvalue weighted by molar-refractivity contribution is -0.318. The van der Waals surface area contributed by atoms with Gasteiger partial charge in [0.25, 0.3) is 0 Å². The van der Waals surface area contributed by atoms with Crippen LogP contribution >= 0.6 is 0 Å². The average Bonchev–Trinajstić information content (AvgIpc) is 3.32. The highest BCUT2D eigenvalue weighted by molar-refractivity contribution is 5.68. The van der Waals surface area contributed by atoms with E-state index in [0.717, 1.165) is 6.33 Å². The predicted octanol–water partition coefficient (Wildman–Crippen LogP) is -4.61. The number of rotatable bonds is 5. The molecule has 0 bridgehead atoms. The molecule has 8 N–H and O–H groups in total. The van der Waals surface area contributed by atoms with Gasteiger partial charge in [0, 0.05) is 0 Å². The minimum atomic E-state index is -1.70. The second-order valence-electron chi connectivity index (χ2n) is 7.30. The van der Waals surface area contributed by atoms with Gasteiger partial charge in [0.05, 0.1) is 19.5 Å². The molecule has 0 saturated carbocycles. The molecule has 2 saturated heterocycles. The normalized spacial score (nSPS) is 38.7. The minimum Gasteiger partial charge on any atom is -0.425 e. The van der Waals surface area contributed by atoms with Crippen LogP contribution in [0.2, 0.25) is 0 Å². The van der Waals surface area contributed by atoms with Gasteiger partial charge >= 0.3 is 0 Å². The summed E-state index contributed by atoms with van der Waals surface area (Å²) in [4.78, 5) is 7.95. The summed E-state index contributed by atoms with van der Waals surface area (Å²) in [6.07, 6.45) is -10.5. The fourth-order valence-corrected chi connectivity index (χ4v) is 3.71. The molecule has 2 fully saturated rings. The quantitative estimate of drug-likeness (QED) is 0.203. The van der Waals surface area contributed by atoms with Crippen molar-refractivity contribution in [1.29, 1.82) is 5.41 Å². The first-order chi connectivity index (χ1) is 14.8. The van der Waals surface area contributed by atoms with E-state index in [2.05, 4.69) is 9.97 Å². The van der Waals surface area contributed by atoms with Crippen LogP contribution in [0.25, 0.3) is 11.2 Å². The van der Waals surface area contributed by atoms with E-state index in [1.54, 1.807) is 0 Å². The number of hydrogen-bond acceptors (Lipinski definition) is 13. The Balaban J connectivity index is 1.59. The van der Waals surface area contributed by atoms with Crippen LogP contribution in [0.15, 0.2) is 12.7 Å². The molecule has 0 unspecified atom stereocenters. The van der Waals surface area contributed by atoms with Crippen molar-refractivity contribution in [2.45, 2.75) is 55.2 Å². The van der Waals surface area contributed by atoms with Crippen molar-refractivity contribution in [3.05, 3.63) is 18.1 Å². The van der Waals surface area contributed by atoms with Crippen molar-refractivity contribution in [2.24, 2.45) is 0 Å². The molecule has 2 aliphatic rings. The van der Waals surface area contributed by atoms with Crippen LogP contribution in [0.4, 0.5) is 0 Å². The predicted molar refractivity (Wildman–Crippen MR) is 94.2 cm³/mol. The van der Waals surface area contributed by atoms with E-state index in [0.29, 0.717) is 4.73 Å². The third-order valence-electron chi connectivity index (χ3n) is 5.41. The van der Waals surface area contributed by atoms with Crippen LogP contribution in [0, 0.1) is 5.41 Å². The first kappa shape index (κ1) is 22.0. The van der Waals surface area contributed by atoms with Gasteiger partial charge in [-0.2, -0.15) is 4.73 Å². The van der Waals surface area contributed by atoms with Crippen molar-refractivity contribution in [3.8, 4) is 0 Å². The Bertz CT molecular complexity index is 981. The maximum Gasteiger partial charge on any atom is 0.192 e. The maximum atomic E-state index is 10.8. The smallest absolute Gasteiger partial charge is 0.192 e. The zero-order valence-electron chi connectivity index (χ0n) is 15.9. The summed E-state index contributed by atoms with van der Waals surface area (Å²) < 4.78 is 18.3. The van der Waals surface area contributed by atoms with Gasteiger partial charge in [-0.3, -0.25) is 9.98 Å². The zero-order chi connectivity index (χ0) is 22.4. The number of aliphatic hydroxyl groups excluding tert-OH is 6. The van der Waals surface area contributed by atoms with Crippen LogP contribution < -0.4 is 5.49 Å². The third-order valence-corrected chi connectivity index (χ3v) is 5.41. The van der Waals surface area contributed by atoms with E-state index < -0.39 is 68.5 Å². The molecular weight excluding hydrogens is 422 g/mol. The number of ether oxygens (including phenoxy) is 3. The number of aliphatic hydroxyl groups is 6. The Morgan fingerprint density at radius 2 is 1.65 bits per heavy atom. The minimum absolute atomic E-state index is 0.0275. The van der Waals surface area contributed by atoms with E-state index in [-0.39, 0.29) is 16.7 Å². The SMILES string of the molecule is N=c1c2ncn([C@@H]3O[C@H](CO)[C@@H](O[C@@H]4O[C@H](CO)[C@@H](O)[C@H](O)[C@H]4O)[C@H]3O)c2ncn1O. The van der Waals surface area contributed by atoms with Crippen LogP contribution in [0.3, 0.4) is 0 Å². The average molecular weight is 445 g/mol. The monoisotopic (exact) mass is 445 g/mol. The van der Waals surface area contributed by atoms with Crippen molar-refractivity contribution in [1.82, 2.24) is 19.3 Å². The first-order valence-corrected chi connectivity index (χ1v) is 9.36. The number of hydrogen-bond donors (Lipinski definition) is 8. The molecule has 9 atom stereocenters. The number of imidazole rings is 1. The molecule has 2 aromatic rings. The lowest BCUT2D eigenvalue weighted by atomic mass is 9.99. The van der Waals surface area contributed by atoms with E-state index >= 15 is 0 Å². The maximum absolute atomic E-state index is 10.8. The van der Waals surface area contributed by atoms with Crippen LogP contribution in [0.1, 0.15) is 6.23 Å². The highest BCUT2D eigenvalue weighted by Crippen LogP contribution is 2.35. The van der Waals surface area contributed by atoms with Gasteiger partial charge < -0.3 is 50.1 Å². The highest BCUT2D eigenvalue weighted by atomic mass is 16.7. The van der Waals surface area contributed by atoms with Gasteiger partial charge in [0.1, 0.15) is 49.1 Å². The van der Waals surface area contributed by atoms with E-state index in [1.165, 1.54) is 10.9 Å². The number of nitrogens with one attached hydrogen (secondary N) is 1. The number of nitrogens with zero attached hydrogens (tertiary/aromatic N) is 4. The Hall–Kier alpha value is -2.21. The zero-order valence-corrected chi connectivity index (χ0v) is 15.9. The van der Waals surface area contributed by atoms with E-state index in [9.17, 15) is 35.8 Å². The van der Waals surface area contributed by atoms with Gasteiger partial charge in [-0.05, 0) is 0 Å². The molecule has 0 amide bonds. The lowest BCUT2D eigenvalue weighted by Gasteiger charge is -2.41. The highest BCUT2D eigenvalue weighted by Gasteiger charge is 2.51. The summed E-state index contributed by atoms with van der Waals surface area (Å²) >= 11 is 0. The topological polar surface area (TPSA) is 229 Å². The summed E-state index contributed by atoms with van der Waals surface area (Å²) in [6, 6.07) is 0. The Kier molecular flexibility index (Phi) is 5.95. The van der Waals surface area contributed by atoms with E-state index in [1.807, 2.05) is 0 Å². The van der Waals surface area contributed by atoms with Gasteiger partial charge in [-0.25, -0.2) is 9.97 Å². The van der Waals surface area contributed by atoms with Crippen LogP contribution in [-0.2, 0) is 14.2 Å². The van der Waals surface area contributed by atoms with Crippen LogP contribution in [-0.4, -0.2) is 117 Å². The van der Waals surface area contributed by atoms with Crippen LogP contribution in [0.5, 0.6) is 0 Å². The summed E-state index contributed by atoms with van der Waals surface area (Å²) in [5.41, 5.74) is -0.201. The molecule has 15 heteroatoms. The molecule has 0 radical (unpaired) electrons. The summed E-state index contributed by atoms with van der Waals surface area (Å²) in [5.74, 6) is 0. The molecule has 0 spiro atoms. The van der Waals surface area contributed by atoms with Gasteiger partial charge in [0.15, 0.2) is 29.2 Å². The third kappa shape index (κ3) is 3.59. The number of fused-ring (bicyclic) bond motifs is 1. The summed E-state index contributed by atoms with van der Waals surface area (Å²) in [5, 5.41) is 77.2. The van der Waals surface area contributed by atoms with Crippen molar-refractivity contribution < 1.29 is 50.1 Å². The van der Waals surface area contributed by atoms with Crippen molar-refractivity contribution in [3.63, 3.8) is 0 Å². The fraction of sp³-hybridized carbons (Fsp3) is 0.688. The largest absolute Gasteiger partial charge is 0.425 e. The molecular formula is C16H23N5O10. The van der Waals surface area contributed by atoms with Crippen molar-refractivity contribution in [2.75, 3.05) is 13.2 Å². The molecule has 15 nitrogen and oxygen atoms in total. The van der Waals surface area contributed by atoms with Gasteiger partial charge in [0.2, 0.25) is 0 Å². The van der Waals surface area contributed by atoms with Crippen molar-refractivity contribution >= 4 is 11.2 Å². The molecule has 31 heavy (non-hydrogen) atoms. The molecule has 2 aliphatic heterocycles. The molecule has 0 aromatic carbocycles.